The number of hydrogen-bond donors (Lipinski definition) is 2. The average molecular weight is 381 g/mol. The van der Waals surface area contributed by atoms with Gasteiger partial charge >= 0.3 is 0 Å². The molecule has 0 unspecified atom stereocenters. The van der Waals surface area contributed by atoms with E-state index in [1.54, 1.807) is 12.1 Å². The summed E-state index contributed by atoms with van der Waals surface area (Å²) in [5, 5.41) is 3.56. The Balaban J connectivity index is 2.11. The molecule has 4 nitrogen and oxygen atoms in total. The SMILES string of the molecule is Cc1nc(C)c2[nH]c(=O)c3sccc3c2c1-c1ccc([C@H](C)CN)cc1F. The summed E-state index contributed by atoms with van der Waals surface area (Å²) in [7, 11) is 0. The quantitative estimate of drug-likeness (QED) is 0.544. The van der Waals surface area contributed by atoms with Crippen LogP contribution >= 0.6 is 11.3 Å². The minimum Gasteiger partial charge on any atom is -0.330 e. The van der Waals surface area contributed by atoms with E-state index in [2.05, 4.69) is 9.97 Å². The van der Waals surface area contributed by atoms with Crippen LogP contribution in [0.5, 0.6) is 0 Å². The maximum absolute atomic E-state index is 15.1. The zero-order valence-corrected chi connectivity index (χ0v) is 16.2. The third kappa shape index (κ3) is 2.76. The van der Waals surface area contributed by atoms with E-state index >= 15 is 4.39 Å². The standard InChI is InChI=1S/C21H20FN3OS/c1-10(9-23)13-4-5-14(16(22)8-13)17-11(2)24-12(3)19-18(17)15-6-7-27-20(15)21(26)25-19/h4-8,10H,9,23H2,1-3H3,(H,25,26)/t10-/m1/s1. The summed E-state index contributed by atoms with van der Waals surface area (Å²) >= 11 is 1.39. The largest absolute Gasteiger partial charge is 0.330 e. The number of pyridine rings is 2. The van der Waals surface area contributed by atoms with Crippen LogP contribution in [0.25, 0.3) is 32.1 Å². The van der Waals surface area contributed by atoms with Gasteiger partial charge < -0.3 is 10.7 Å². The van der Waals surface area contributed by atoms with Gasteiger partial charge in [0.2, 0.25) is 0 Å². The number of thiophene rings is 1. The van der Waals surface area contributed by atoms with Gasteiger partial charge in [-0.05, 0) is 49.4 Å². The number of halogens is 1. The Morgan fingerprint density at radius 1 is 1.26 bits per heavy atom. The molecule has 0 radical (unpaired) electrons. The van der Waals surface area contributed by atoms with Gasteiger partial charge in [-0.3, -0.25) is 9.78 Å². The van der Waals surface area contributed by atoms with Crippen LogP contribution in [0.15, 0.2) is 34.4 Å². The lowest BCUT2D eigenvalue weighted by atomic mass is 9.93. The molecule has 0 aliphatic rings. The van der Waals surface area contributed by atoms with Crippen molar-refractivity contribution in [2.45, 2.75) is 26.7 Å². The van der Waals surface area contributed by atoms with Crippen molar-refractivity contribution in [3.8, 4) is 11.1 Å². The van der Waals surface area contributed by atoms with Crippen molar-refractivity contribution in [2.75, 3.05) is 6.54 Å². The molecule has 3 N–H and O–H groups in total. The average Bonchev–Trinajstić information content (AvgIpc) is 3.13. The Labute approximate surface area is 159 Å². The fourth-order valence-electron chi connectivity index (χ4n) is 3.63. The van der Waals surface area contributed by atoms with Crippen molar-refractivity contribution in [1.82, 2.24) is 9.97 Å². The molecular weight excluding hydrogens is 361 g/mol. The first-order valence-corrected chi connectivity index (χ1v) is 9.70. The Kier molecular flexibility index (Phi) is 4.32. The van der Waals surface area contributed by atoms with E-state index in [-0.39, 0.29) is 17.3 Å². The van der Waals surface area contributed by atoms with E-state index in [1.807, 2.05) is 38.3 Å². The number of aryl methyl sites for hydroxylation is 2. The number of benzene rings is 1. The second-order valence-corrected chi connectivity index (χ2v) is 7.82. The van der Waals surface area contributed by atoms with Gasteiger partial charge in [-0.2, -0.15) is 0 Å². The lowest BCUT2D eigenvalue weighted by Gasteiger charge is -2.16. The Bertz CT molecular complexity index is 1240. The fourth-order valence-corrected chi connectivity index (χ4v) is 4.43. The molecule has 3 aromatic heterocycles. The molecule has 27 heavy (non-hydrogen) atoms. The van der Waals surface area contributed by atoms with Crippen LogP contribution in [0.1, 0.15) is 29.8 Å². The van der Waals surface area contributed by atoms with Gasteiger partial charge in [0.25, 0.3) is 5.56 Å². The molecule has 6 heteroatoms. The predicted molar refractivity (Wildman–Crippen MR) is 110 cm³/mol. The summed E-state index contributed by atoms with van der Waals surface area (Å²) in [6.45, 7) is 6.17. The number of H-pyrrole nitrogens is 1. The first-order valence-electron chi connectivity index (χ1n) is 8.82. The van der Waals surface area contributed by atoms with Crippen molar-refractivity contribution in [3.63, 3.8) is 0 Å². The number of hydrogen-bond acceptors (Lipinski definition) is 4. The number of aromatic amines is 1. The highest BCUT2D eigenvalue weighted by molar-refractivity contribution is 7.17. The summed E-state index contributed by atoms with van der Waals surface area (Å²) < 4.78 is 15.7. The molecule has 0 fully saturated rings. The van der Waals surface area contributed by atoms with E-state index in [4.69, 9.17) is 5.73 Å². The van der Waals surface area contributed by atoms with Gasteiger partial charge in [0.15, 0.2) is 0 Å². The van der Waals surface area contributed by atoms with Gasteiger partial charge in [0.1, 0.15) is 10.5 Å². The zero-order valence-electron chi connectivity index (χ0n) is 15.4. The van der Waals surface area contributed by atoms with E-state index in [0.29, 0.717) is 22.3 Å². The molecule has 1 atom stereocenters. The highest BCUT2D eigenvalue weighted by Crippen LogP contribution is 2.38. The minimum atomic E-state index is -0.308. The molecule has 0 bridgehead atoms. The van der Waals surface area contributed by atoms with Gasteiger partial charge in [-0.25, -0.2) is 4.39 Å². The lowest BCUT2D eigenvalue weighted by Crippen LogP contribution is -2.10. The maximum Gasteiger partial charge on any atom is 0.266 e. The Morgan fingerprint density at radius 3 is 2.74 bits per heavy atom. The Morgan fingerprint density at radius 2 is 2.04 bits per heavy atom. The first kappa shape index (κ1) is 17.8. The summed E-state index contributed by atoms with van der Waals surface area (Å²) in [5.41, 5.74) is 9.77. The third-order valence-electron chi connectivity index (χ3n) is 5.12. The van der Waals surface area contributed by atoms with Crippen molar-refractivity contribution >= 4 is 32.3 Å². The van der Waals surface area contributed by atoms with Crippen molar-refractivity contribution in [3.05, 3.63) is 62.8 Å². The monoisotopic (exact) mass is 381 g/mol. The normalized spacial score (nSPS) is 12.8. The van der Waals surface area contributed by atoms with Crippen LogP contribution in [-0.4, -0.2) is 16.5 Å². The number of fused-ring (bicyclic) bond motifs is 3. The van der Waals surface area contributed by atoms with Crippen LogP contribution in [0, 0.1) is 19.7 Å². The molecule has 0 saturated carbocycles. The van der Waals surface area contributed by atoms with Gasteiger partial charge in [-0.1, -0.05) is 19.1 Å². The Hall–Kier alpha value is -2.57. The molecule has 0 aliphatic carbocycles. The first-order chi connectivity index (χ1) is 12.9. The highest BCUT2D eigenvalue weighted by atomic mass is 32.1. The van der Waals surface area contributed by atoms with Crippen molar-refractivity contribution in [2.24, 2.45) is 5.73 Å². The molecule has 1 aromatic carbocycles. The van der Waals surface area contributed by atoms with Crippen LogP contribution < -0.4 is 11.3 Å². The number of rotatable bonds is 3. The smallest absolute Gasteiger partial charge is 0.266 e. The molecule has 0 spiro atoms. The van der Waals surface area contributed by atoms with Gasteiger partial charge in [0.05, 0.1) is 11.2 Å². The van der Waals surface area contributed by atoms with Crippen LogP contribution in [-0.2, 0) is 0 Å². The topological polar surface area (TPSA) is 71.8 Å². The maximum atomic E-state index is 15.1. The number of nitrogens with two attached hydrogens (primary N) is 1. The summed E-state index contributed by atoms with van der Waals surface area (Å²) in [6, 6.07) is 7.17. The fraction of sp³-hybridized carbons (Fsp3) is 0.238. The zero-order chi connectivity index (χ0) is 19.3. The van der Waals surface area contributed by atoms with Crippen LogP contribution in [0.4, 0.5) is 4.39 Å². The van der Waals surface area contributed by atoms with Gasteiger partial charge in [-0.15, -0.1) is 11.3 Å². The molecule has 4 aromatic rings. The molecule has 0 amide bonds. The van der Waals surface area contributed by atoms with Gasteiger partial charge in [0, 0.05) is 27.6 Å². The van der Waals surface area contributed by atoms with E-state index < -0.39 is 0 Å². The summed E-state index contributed by atoms with van der Waals surface area (Å²) in [6.07, 6.45) is 0. The summed E-state index contributed by atoms with van der Waals surface area (Å²) in [5.74, 6) is -0.222. The van der Waals surface area contributed by atoms with E-state index in [9.17, 15) is 4.79 Å². The second-order valence-electron chi connectivity index (χ2n) is 6.90. The molecular formula is C21H20FN3OS. The van der Waals surface area contributed by atoms with E-state index in [0.717, 1.165) is 33.3 Å². The minimum absolute atomic E-state index is 0.0856. The summed E-state index contributed by atoms with van der Waals surface area (Å²) in [4.78, 5) is 19.9. The number of nitrogens with one attached hydrogen (secondary N) is 1. The van der Waals surface area contributed by atoms with Crippen LogP contribution in [0.2, 0.25) is 0 Å². The second kappa shape index (κ2) is 6.55. The molecule has 3 heterocycles. The lowest BCUT2D eigenvalue weighted by molar-refractivity contribution is 0.625. The molecule has 138 valence electrons. The van der Waals surface area contributed by atoms with E-state index in [1.165, 1.54) is 11.3 Å². The molecule has 0 saturated heterocycles. The third-order valence-corrected chi connectivity index (χ3v) is 6.04. The molecule has 4 rings (SSSR count). The van der Waals surface area contributed by atoms with Crippen molar-refractivity contribution in [1.29, 1.82) is 0 Å². The number of nitrogens with zero attached hydrogens (tertiary/aromatic N) is 1. The van der Waals surface area contributed by atoms with Crippen molar-refractivity contribution < 1.29 is 4.39 Å². The highest BCUT2D eigenvalue weighted by Gasteiger charge is 2.19. The van der Waals surface area contributed by atoms with Crippen LogP contribution in [0.3, 0.4) is 0 Å². The predicted octanol–water partition coefficient (Wildman–Crippen LogP) is 4.62. The molecule has 0 aliphatic heterocycles. The number of aromatic nitrogens is 2.